The van der Waals surface area contributed by atoms with Gasteiger partial charge >= 0.3 is 5.97 Å². The molecule has 5 heteroatoms. The second-order valence-corrected chi connectivity index (χ2v) is 5.05. The summed E-state index contributed by atoms with van der Waals surface area (Å²) >= 11 is 0. The number of carboxylic acid groups (broad SMARTS) is 1. The van der Waals surface area contributed by atoms with Gasteiger partial charge < -0.3 is 15.7 Å². The molecule has 0 aliphatic carbocycles. The Hall–Kier alpha value is -1.10. The fourth-order valence-corrected chi connectivity index (χ4v) is 2.23. The number of hydrogen-bond donors (Lipinski definition) is 3. The Labute approximate surface area is 108 Å². The monoisotopic (exact) mass is 256 g/mol. The molecule has 0 saturated carbocycles. The normalized spacial score (nSPS) is 21.9. The summed E-state index contributed by atoms with van der Waals surface area (Å²) in [5, 5.41) is 14.8. The number of aliphatic carboxylic acids is 1. The maximum absolute atomic E-state index is 12.0. The van der Waals surface area contributed by atoms with E-state index < -0.39 is 5.97 Å². The predicted octanol–water partition coefficient (Wildman–Crippen LogP) is 1.28. The zero-order chi connectivity index (χ0) is 13.4. The smallest absolute Gasteiger partial charge is 0.303 e. The highest BCUT2D eigenvalue weighted by Crippen LogP contribution is 2.09. The summed E-state index contributed by atoms with van der Waals surface area (Å²) in [5.74, 6) is -0.723. The molecule has 1 aliphatic rings. The highest BCUT2D eigenvalue weighted by atomic mass is 16.4. The summed E-state index contributed by atoms with van der Waals surface area (Å²) in [6.45, 7) is 2.84. The third-order valence-corrected chi connectivity index (χ3v) is 3.29. The minimum atomic E-state index is -0.779. The lowest BCUT2D eigenvalue weighted by atomic mass is 10.1. The van der Waals surface area contributed by atoms with Crippen molar-refractivity contribution in [3.8, 4) is 0 Å². The molecular formula is C13H24N2O3. The minimum absolute atomic E-state index is 0.0434. The maximum atomic E-state index is 12.0. The molecule has 1 heterocycles. The van der Waals surface area contributed by atoms with E-state index in [0.717, 1.165) is 25.8 Å². The van der Waals surface area contributed by atoms with E-state index >= 15 is 0 Å². The number of carbonyl (C=O) groups is 2. The molecule has 0 spiro atoms. The van der Waals surface area contributed by atoms with Gasteiger partial charge in [0.1, 0.15) is 0 Å². The molecule has 0 aromatic heterocycles. The Morgan fingerprint density at radius 3 is 2.89 bits per heavy atom. The Bertz CT molecular complexity index is 273. The van der Waals surface area contributed by atoms with Crippen LogP contribution in [0.4, 0.5) is 0 Å². The first-order valence-electron chi connectivity index (χ1n) is 6.85. The molecule has 1 rings (SSSR count). The summed E-state index contributed by atoms with van der Waals surface area (Å²) in [5.41, 5.74) is 0. The third-order valence-electron chi connectivity index (χ3n) is 3.29. The fraction of sp³-hybridized carbons (Fsp3) is 0.846. The molecule has 1 amide bonds. The van der Waals surface area contributed by atoms with Crippen LogP contribution in [0.1, 0.15) is 51.9 Å². The van der Waals surface area contributed by atoms with Crippen LogP contribution < -0.4 is 10.6 Å². The highest BCUT2D eigenvalue weighted by Gasteiger charge is 2.20. The van der Waals surface area contributed by atoms with E-state index in [2.05, 4.69) is 10.6 Å². The minimum Gasteiger partial charge on any atom is -0.481 e. The lowest BCUT2D eigenvalue weighted by Gasteiger charge is -2.19. The SMILES string of the molecule is CC(CCCC(=O)O)NC(=O)C1CCCCCN1. The second-order valence-electron chi connectivity index (χ2n) is 5.05. The number of hydrogen-bond acceptors (Lipinski definition) is 3. The molecule has 0 radical (unpaired) electrons. The molecule has 0 aromatic carbocycles. The molecule has 1 aliphatic heterocycles. The summed E-state index contributed by atoms with van der Waals surface area (Å²) in [4.78, 5) is 22.4. The van der Waals surface area contributed by atoms with Gasteiger partial charge in [-0.1, -0.05) is 12.8 Å². The van der Waals surface area contributed by atoms with Crippen molar-refractivity contribution in [1.82, 2.24) is 10.6 Å². The molecule has 3 N–H and O–H groups in total. The van der Waals surface area contributed by atoms with Gasteiger partial charge in [0, 0.05) is 12.5 Å². The quantitative estimate of drug-likeness (QED) is 0.669. The molecule has 5 nitrogen and oxygen atoms in total. The van der Waals surface area contributed by atoms with Gasteiger partial charge in [-0.25, -0.2) is 0 Å². The molecule has 1 saturated heterocycles. The molecule has 1 fully saturated rings. The molecular weight excluding hydrogens is 232 g/mol. The van der Waals surface area contributed by atoms with Crippen molar-refractivity contribution < 1.29 is 14.7 Å². The number of rotatable bonds is 6. The van der Waals surface area contributed by atoms with Crippen molar-refractivity contribution in [2.24, 2.45) is 0 Å². The van der Waals surface area contributed by atoms with Gasteiger partial charge in [0.15, 0.2) is 0 Å². The zero-order valence-corrected chi connectivity index (χ0v) is 11.1. The van der Waals surface area contributed by atoms with Crippen LogP contribution in [0.2, 0.25) is 0 Å². The average Bonchev–Trinajstić information content (AvgIpc) is 2.56. The van der Waals surface area contributed by atoms with Crippen molar-refractivity contribution in [3.05, 3.63) is 0 Å². The van der Waals surface area contributed by atoms with Gasteiger partial charge in [-0.2, -0.15) is 0 Å². The van der Waals surface area contributed by atoms with Gasteiger partial charge in [0.05, 0.1) is 6.04 Å². The van der Waals surface area contributed by atoms with E-state index in [1.165, 1.54) is 6.42 Å². The van der Waals surface area contributed by atoms with Crippen LogP contribution in [-0.2, 0) is 9.59 Å². The third kappa shape index (κ3) is 6.00. The van der Waals surface area contributed by atoms with E-state index in [0.29, 0.717) is 12.8 Å². The van der Waals surface area contributed by atoms with Crippen molar-refractivity contribution >= 4 is 11.9 Å². The number of amides is 1. The van der Waals surface area contributed by atoms with Crippen molar-refractivity contribution in [3.63, 3.8) is 0 Å². The van der Waals surface area contributed by atoms with E-state index in [1.807, 2.05) is 6.92 Å². The number of carbonyl (C=O) groups excluding carboxylic acids is 1. The summed E-state index contributed by atoms with van der Waals surface area (Å²) in [6.07, 6.45) is 5.80. The largest absolute Gasteiger partial charge is 0.481 e. The van der Waals surface area contributed by atoms with E-state index in [-0.39, 0.29) is 24.4 Å². The molecule has 2 unspecified atom stereocenters. The topological polar surface area (TPSA) is 78.4 Å². The Morgan fingerprint density at radius 1 is 1.39 bits per heavy atom. The first-order chi connectivity index (χ1) is 8.59. The van der Waals surface area contributed by atoms with Crippen molar-refractivity contribution in [2.75, 3.05) is 6.54 Å². The zero-order valence-electron chi connectivity index (χ0n) is 11.1. The summed E-state index contributed by atoms with van der Waals surface area (Å²) in [6, 6.07) is -0.0312. The fourth-order valence-electron chi connectivity index (χ4n) is 2.23. The van der Waals surface area contributed by atoms with E-state index in [1.54, 1.807) is 0 Å². The molecule has 18 heavy (non-hydrogen) atoms. The van der Waals surface area contributed by atoms with Crippen LogP contribution in [0, 0.1) is 0 Å². The van der Waals surface area contributed by atoms with Gasteiger partial charge in [0.25, 0.3) is 0 Å². The van der Waals surface area contributed by atoms with Crippen LogP contribution in [0.25, 0.3) is 0 Å². The molecule has 104 valence electrons. The van der Waals surface area contributed by atoms with Gasteiger partial charge in [-0.05, 0) is 39.2 Å². The van der Waals surface area contributed by atoms with Gasteiger partial charge in [0.2, 0.25) is 5.91 Å². The summed E-state index contributed by atoms with van der Waals surface area (Å²) < 4.78 is 0. The second kappa shape index (κ2) is 8.08. The number of carboxylic acids is 1. The standard InChI is InChI=1S/C13H24N2O3/c1-10(6-5-8-12(16)17)15-13(18)11-7-3-2-4-9-14-11/h10-11,14H,2-9H2,1H3,(H,15,18)(H,16,17). The first kappa shape index (κ1) is 15.0. The van der Waals surface area contributed by atoms with Crippen molar-refractivity contribution in [2.45, 2.75) is 64.0 Å². The highest BCUT2D eigenvalue weighted by molar-refractivity contribution is 5.82. The predicted molar refractivity (Wildman–Crippen MR) is 69.4 cm³/mol. The summed E-state index contributed by atoms with van der Waals surface area (Å²) in [7, 11) is 0. The van der Waals surface area contributed by atoms with E-state index in [9.17, 15) is 9.59 Å². The lowest BCUT2D eigenvalue weighted by molar-refractivity contribution is -0.137. The first-order valence-corrected chi connectivity index (χ1v) is 6.85. The lowest BCUT2D eigenvalue weighted by Crippen LogP contribution is -2.46. The molecule has 0 aromatic rings. The Kier molecular flexibility index (Phi) is 6.72. The van der Waals surface area contributed by atoms with Crippen molar-refractivity contribution in [1.29, 1.82) is 0 Å². The average molecular weight is 256 g/mol. The van der Waals surface area contributed by atoms with Crippen LogP contribution in [0.15, 0.2) is 0 Å². The molecule has 2 atom stereocenters. The van der Waals surface area contributed by atoms with Crippen LogP contribution in [0.5, 0.6) is 0 Å². The number of nitrogens with one attached hydrogen (secondary N) is 2. The van der Waals surface area contributed by atoms with Gasteiger partial charge in [-0.15, -0.1) is 0 Å². The van der Waals surface area contributed by atoms with Crippen LogP contribution in [0.3, 0.4) is 0 Å². The molecule has 0 bridgehead atoms. The Morgan fingerprint density at radius 2 is 2.17 bits per heavy atom. The Balaban J connectivity index is 2.22. The van der Waals surface area contributed by atoms with E-state index in [4.69, 9.17) is 5.11 Å². The van der Waals surface area contributed by atoms with Crippen LogP contribution >= 0.6 is 0 Å². The maximum Gasteiger partial charge on any atom is 0.303 e. The van der Waals surface area contributed by atoms with Gasteiger partial charge in [-0.3, -0.25) is 9.59 Å². The van der Waals surface area contributed by atoms with Crippen LogP contribution in [-0.4, -0.2) is 35.6 Å².